The molecule has 4 nitrogen and oxygen atoms in total. The molecule has 1 aliphatic carbocycles. The largest absolute Gasteiger partial charge is 0.497 e. The Bertz CT molecular complexity index is 705. The first-order chi connectivity index (χ1) is 12.1. The van der Waals surface area contributed by atoms with Crippen molar-refractivity contribution in [2.24, 2.45) is 5.92 Å². The minimum absolute atomic E-state index is 0.0209. The maximum absolute atomic E-state index is 13.2. The highest BCUT2D eigenvalue weighted by Gasteiger charge is 2.35. The third-order valence-corrected chi connectivity index (χ3v) is 4.69. The van der Waals surface area contributed by atoms with Crippen LogP contribution in [0.3, 0.4) is 0 Å². The van der Waals surface area contributed by atoms with E-state index >= 15 is 0 Å². The van der Waals surface area contributed by atoms with Gasteiger partial charge in [0.15, 0.2) is 0 Å². The van der Waals surface area contributed by atoms with Crippen molar-refractivity contribution in [2.75, 3.05) is 18.6 Å². The van der Waals surface area contributed by atoms with Crippen molar-refractivity contribution in [3.8, 4) is 11.5 Å². The van der Waals surface area contributed by atoms with Crippen molar-refractivity contribution in [3.63, 3.8) is 0 Å². The molecule has 2 aromatic carbocycles. The zero-order valence-corrected chi connectivity index (χ0v) is 15.1. The van der Waals surface area contributed by atoms with Crippen LogP contribution >= 0.6 is 0 Å². The number of carbonyl (C=O) groups is 1. The maximum Gasteiger partial charge on any atom is 0.258 e. The van der Waals surface area contributed by atoms with Gasteiger partial charge in [-0.2, -0.15) is 0 Å². The fourth-order valence-corrected chi connectivity index (χ4v) is 3.07. The summed E-state index contributed by atoms with van der Waals surface area (Å²) < 4.78 is 10.7. The monoisotopic (exact) mass is 339 g/mol. The van der Waals surface area contributed by atoms with Crippen molar-refractivity contribution in [1.82, 2.24) is 0 Å². The van der Waals surface area contributed by atoms with E-state index in [0.29, 0.717) is 18.1 Å². The second kappa shape index (κ2) is 7.60. The van der Waals surface area contributed by atoms with Crippen LogP contribution in [0.15, 0.2) is 48.5 Å². The van der Waals surface area contributed by atoms with Gasteiger partial charge in [-0.1, -0.05) is 0 Å². The van der Waals surface area contributed by atoms with E-state index in [2.05, 4.69) is 6.92 Å². The minimum atomic E-state index is 0.0209. The second-order valence-corrected chi connectivity index (χ2v) is 6.41. The van der Waals surface area contributed by atoms with E-state index in [1.54, 1.807) is 7.11 Å². The molecular weight excluding hydrogens is 314 g/mol. The van der Waals surface area contributed by atoms with Crippen LogP contribution in [0, 0.1) is 5.92 Å². The number of hydrogen-bond acceptors (Lipinski definition) is 3. The van der Waals surface area contributed by atoms with Gasteiger partial charge < -0.3 is 14.4 Å². The zero-order valence-electron chi connectivity index (χ0n) is 15.1. The number of amides is 1. The summed E-state index contributed by atoms with van der Waals surface area (Å²) in [6, 6.07) is 15.2. The van der Waals surface area contributed by atoms with E-state index in [0.717, 1.165) is 17.2 Å². The molecule has 0 N–H and O–H groups in total. The van der Waals surface area contributed by atoms with Crippen LogP contribution in [0.2, 0.25) is 0 Å². The molecule has 0 radical (unpaired) electrons. The molecule has 1 amide bonds. The highest BCUT2D eigenvalue weighted by molar-refractivity contribution is 6.06. The lowest BCUT2D eigenvalue weighted by molar-refractivity contribution is 0.0975. The third kappa shape index (κ3) is 3.95. The van der Waals surface area contributed by atoms with Crippen LogP contribution in [-0.4, -0.2) is 25.7 Å². The Labute approximate surface area is 149 Å². The molecule has 132 valence electrons. The Kier molecular flexibility index (Phi) is 5.27. The van der Waals surface area contributed by atoms with E-state index in [9.17, 15) is 4.79 Å². The van der Waals surface area contributed by atoms with Gasteiger partial charge in [0.2, 0.25) is 0 Å². The molecule has 1 aliphatic rings. The van der Waals surface area contributed by atoms with Gasteiger partial charge in [0.1, 0.15) is 11.5 Å². The molecule has 0 spiro atoms. The second-order valence-electron chi connectivity index (χ2n) is 6.41. The summed E-state index contributed by atoms with van der Waals surface area (Å²) in [5, 5.41) is 0. The van der Waals surface area contributed by atoms with Gasteiger partial charge in [-0.05, 0) is 81.1 Å². The molecule has 1 atom stereocenters. The highest BCUT2D eigenvalue weighted by atomic mass is 16.5. The first-order valence-corrected chi connectivity index (χ1v) is 8.84. The Balaban J connectivity index is 1.88. The molecule has 1 saturated carbocycles. The Morgan fingerprint density at radius 2 is 1.68 bits per heavy atom. The van der Waals surface area contributed by atoms with E-state index in [1.807, 2.05) is 60.4 Å². The molecule has 1 unspecified atom stereocenters. The van der Waals surface area contributed by atoms with Crippen LogP contribution in [-0.2, 0) is 0 Å². The SMILES string of the molecule is CCOc1ccc(C(=O)N(c2ccc(OC)cc2)C(C)C2CC2)cc1. The van der Waals surface area contributed by atoms with Crippen molar-refractivity contribution in [2.45, 2.75) is 32.7 Å². The van der Waals surface area contributed by atoms with E-state index in [4.69, 9.17) is 9.47 Å². The normalized spacial score (nSPS) is 14.7. The van der Waals surface area contributed by atoms with Gasteiger partial charge in [0.25, 0.3) is 5.91 Å². The number of anilines is 1. The maximum atomic E-state index is 13.2. The van der Waals surface area contributed by atoms with E-state index in [1.165, 1.54) is 12.8 Å². The molecule has 2 aromatic rings. The van der Waals surface area contributed by atoms with Crippen molar-refractivity contribution >= 4 is 11.6 Å². The van der Waals surface area contributed by atoms with Gasteiger partial charge in [-0.3, -0.25) is 4.79 Å². The third-order valence-electron chi connectivity index (χ3n) is 4.69. The lowest BCUT2D eigenvalue weighted by Gasteiger charge is -2.30. The molecule has 0 bridgehead atoms. The Morgan fingerprint density at radius 3 is 2.20 bits per heavy atom. The van der Waals surface area contributed by atoms with Gasteiger partial charge in [-0.25, -0.2) is 0 Å². The lowest BCUT2D eigenvalue weighted by Crippen LogP contribution is -2.40. The Morgan fingerprint density at radius 1 is 1.08 bits per heavy atom. The minimum Gasteiger partial charge on any atom is -0.497 e. The quantitative estimate of drug-likeness (QED) is 0.743. The number of benzene rings is 2. The van der Waals surface area contributed by atoms with Crippen molar-refractivity contribution in [1.29, 1.82) is 0 Å². The summed E-state index contributed by atoms with van der Waals surface area (Å²) in [6.07, 6.45) is 2.37. The smallest absolute Gasteiger partial charge is 0.258 e. The van der Waals surface area contributed by atoms with Gasteiger partial charge >= 0.3 is 0 Å². The average Bonchev–Trinajstić information content (AvgIpc) is 3.48. The van der Waals surface area contributed by atoms with Crippen LogP contribution in [0.4, 0.5) is 5.69 Å². The predicted molar refractivity (Wildman–Crippen MR) is 99.6 cm³/mol. The Hall–Kier alpha value is -2.49. The van der Waals surface area contributed by atoms with Crippen molar-refractivity contribution < 1.29 is 14.3 Å². The lowest BCUT2D eigenvalue weighted by atomic mass is 10.1. The molecule has 4 heteroatoms. The van der Waals surface area contributed by atoms with Crippen molar-refractivity contribution in [3.05, 3.63) is 54.1 Å². The van der Waals surface area contributed by atoms with Crippen LogP contribution in [0.5, 0.6) is 11.5 Å². The fraction of sp³-hybridized carbons (Fsp3) is 0.381. The summed E-state index contributed by atoms with van der Waals surface area (Å²) in [4.78, 5) is 15.1. The number of hydrogen-bond donors (Lipinski definition) is 0. The summed E-state index contributed by atoms with van der Waals surface area (Å²) in [6.45, 7) is 4.69. The van der Waals surface area contributed by atoms with Crippen LogP contribution in [0.25, 0.3) is 0 Å². The van der Waals surface area contributed by atoms with Gasteiger partial charge in [0, 0.05) is 17.3 Å². The van der Waals surface area contributed by atoms with Gasteiger partial charge in [-0.15, -0.1) is 0 Å². The fourth-order valence-electron chi connectivity index (χ4n) is 3.07. The number of ether oxygens (including phenoxy) is 2. The predicted octanol–water partition coefficient (Wildman–Crippen LogP) is 4.54. The number of rotatable bonds is 7. The highest BCUT2D eigenvalue weighted by Crippen LogP contribution is 2.38. The number of nitrogens with zero attached hydrogens (tertiary/aromatic N) is 1. The molecule has 0 aliphatic heterocycles. The number of carbonyl (C=O) groups excluding carboxylic acids is 1. The molecule has 0 saturated heterocycles. The molecular formula is C21H25NO3. The first kappa shape index (κ1) is 17.3. The van der Waals surface area contributed by atoms with Crippen LogP contribution in [0.1, 0.15) is 37.0 Å². The summed E-state index contributed by atoms with van der Waals surface area (Å²) >= 11 is 0. The number of methoxy groups -OCH3 is 1. The first-order valence-electron chi connectivity index (χ1n) is 8.84. The zero-order chi connectivity index (χ0) is 17.8. The molecule has 1 fully saturated rings. The average molecular weight is 339 g/mol. The van der Waals surface area contributed by atoms with Gasteiger partial charge in [0.05, 0.1) is 13.7 Å². The molecule has 3 rings (SSSR count). The molecule has 0 heterocycles. The summed E-state index contributed by atoms with van der Waals surface area (Å²) in [7, 11) is 1.64. The van der Waals surface area contributed by atoms with E-state index in [-0.39, 0.29) is 11.9 Å². The summed E-state index contributed by atoms with van der Waals surface area (Å²) in [5.74, 6) is 2.17. The van der Waals surface area contributed by atoms with Crippen LogP contribution < -0.4 is 14.4 Å². The summed E-state index contributed by atoms with van der Waals surface area (Å²) in [5.41, 5.74) is 1.57. The standard InChI is InChI=1S/C21H25NO3/c1-4-25-20-11-7-17(8-12-20)21(23)22(15(2)16-5-6-16)18-9-13-19(24-3)14-10-18/h7-16H,4-6H2,1-3H3. The molecule has 25 heavy (non-hydrogen) atoms. The molecule has 0 aromatic heterocycles. The topological polar surface area (TPSA) is 38.8 Å². The van der Waals surface area contributed by atoms with E-state index < -0.39 is 0 Å².